The number of H-pyrrole nitrogens is 1. The smallest absolute Gasteiger partial charge is 0.418 e. The van der Waals surface area contributed by atoms with Crippen molar-refractivity contribution < 1.29 is 42.6 Å². The predicted octanol–water partition coefficient (Wildman–Crippen LogP) is -0.423. The summed E-state index contributed by atoms with van der Waals surface area (Å²) >= 11 is 0. The average molecular weight is 501 g/mol. The number of aliphatic carboxylic acids is 2. The van der Waals surface area contributed by atoms with Crippen molar-refractivity contribution in [2.45, 2.75) is 31.5 Å². The Kier molecular flexibility index (Phi) is 7.96. The van der Waals surface area contributed by atoms with Crippen LogP contribution in [0.15, 0.2) is 17.1 Å². The summed E-state index contributed by atoms with van der Waals surface area (Å²) in [7, 11) is 0. The van der Waals surface area contributed by atoms with E-state index in [2.05, 4.69) is 20.3 Å². The summed E-state index contributed by atoms with van der Waals surface area (Å²) in [6.45, 7) is 0. The second-order valence-electron chi connectivity index (χ2n) is 6.95. The number of hydrogen-bond acceptors (Lipinski definition) is 9. The molecule has 17 heteroatoms. The number of carbonyl (C=O) groups is 4. The number of carboxylic acids is 2. The fourth-order valence-corrected chi connectivity index (χ4v) is 2.75. The molecule has 0 aliphatic heterocycles. The third kappa shape index (κ3) is 7.14. The molecule has 35 heavy (non-hydrogen) atoms. The summed E-state index contributed by atoms with van der Waals surface area (Å²) in [4.78, 5) is 67.3. The fourth-order valence-electron chi connectivity index (χ4n) is 2.75. The fraction of sp³-hybridized carbons (Fsp3) is 0.278. The highest BCUT2D eigenvalue weighted by atomic mass is 19.4. The van der Waals surface area contributed by atoms with Gasteiger partial charge in [-0.1, -0.05) is 0 Å². The predicted molar refractivity (Wildman–Crippen MR) is 111 cm³/mol. The number of anilines is 3. The Morgan fingerprint density at radius 1 is 1.17 bits per heavy atom. The molecular formula is C18H18F3N7O7. The van der Waals surface area contributed by atoms with Gasteiger partial charge in [-0.15, -0.1) is 0 Å². The molecule has 2 rings (SSSR count). The van der Waals surface area contributed by atoms with Crippen molar-refractivity contribution in [3.8, 4) is 0 Å². The minimum absolute atomic E-state index is 0.294. The number of pyridine rings is 1. The standard InChI is InChI=1S/C18H18F3N7O7/c19-18(20,21)8-3-6(25-10(29)4-7-13(22)27-17(23)28-14(7)32)5-24-12(8)15(33)26-9(16(34)35)1-2-11(30)31/h3,5,9H,1-2,4H2,(H,25,29)(H,26,33)(H,30,31)(H,34,35)(H5,22,23,27,28,32)/t9-/m0/s1. The molecule has 0 bridgehead atoms. The number of nitrogens with zero attached hydrogens (tertiary/aromatic N) is 2. The lowest BCUT2D eigenvalue weighted by atomic mass is 10.1. The molecule has 14 nitrogen and oxygen atoms in total. The first-order valence-electron chi connectivity index (χ1n) is 9.45. The highest BCUT2D eigenvalue weighted by Crippen LogP contribution is 2.33. The molecule has 2 aromatic rings. The number of rotatable bonds is 9. The number of aromatic amines is 1. The molecule has 0 aliphatic carbocycles. The third-order valence-corrected chi connectivity index (χ3v) is 4.35. The van der Waals surface area contributed by atoms with Gasteiger partial charge in [0.25, 0.3) is 11.5 Å². The third-order valence-electron chi connectivity index (χ3n) is 4.35. The Hall–Kier alpha value is -4.70. The van der Waals surface area contributed by atoms with E-state index in [0.717, 1.165) is 0 Å². The Labute approximate surface area is 192 Å². The van der Waals surface area contributed by atoms with Crippen LogP contribution in [0.4, 0.5) is 30.6 Å². The van der Waals surface area contributed by atoms with Gasteiger partial charge in [0.15, 0.2) is 0 Å². The first-order valence-corrected chi connectivity index (χ1v) is 9.45. The van der Waals surface area contributed by atoms with Crippen molar-refractivity contribution in [3.05, 3.63) is 39.4 Å². The van der Waals surface area contributed by atoms with Crippen molar-refractivity contribution in [1.82, 2.24) is 20.3 Å². The summed E-state index contributed by atoms with van der Waals surface area (Å²) in [5.74, 6) is -6.21. The van der Waals surface area contributed by atoms with Crippen LogP contribution in [0.2, 0.25) is 0 Å². The van der Waals surface area contributed by atoms with E-state index in [4.69, 9.17) is 21.7 Å². The molecule has 0 fully saturated rings. The highest BCUT2D eigenvalue weighted by molar-refractivity contribution is 5.97. The Balaban J connectivity index is 2.27. The number of nitrogens with one attached hydrogen (secondary N) is 3. The summed E-state index contributed by atoms with van der Waals surface area (Å²) in [6, 6.07) is -1.42. The van der Waals surface area contributed by atoms with Crippen molar-refractivity contribution >= 4 is 41.2 Å². The summed E-state index contributed by atoms with van der Waals surface area (Å²) < 4.78 is 40.7. The molecule has 2 aromatic heterocycles. The number of carbonyl (C=O) groups excluding carboxylic acids is 2. The van der Waals surface area contributed by atoms with Crippen LogP contribution < -0.4 is 27.7 Å². The van der Waals surface area contributed by atoms with Gasteiger partial charge in [0.1, 0.15) is 17.6 Å². The molecule has 2 amide bonds. The molecule has 9 N–H and O–H groups in total. The van der Waals surface area contributed by atoms with E-state index >= 15 is 0 Å². The summed E-state index contributed by atoms with van der Waals surface area (Å²) in [5, 5.41) is 21.6. The minimum atomic E-state index is -5.15. The second kappa shape index (κ2) is 10.5. The zero-order valence-corrected chi connectivity index (χ0v) is 17.5. The maximum absolute atomic E-state index is 13.6. The molecule has 0 saturated carbocycles. The van der Waals surface area contributed by atoms with E-state index in [0.29, 0.717) is 12.3 Å². The highest BCUT2D eigenvalue weighted by Gasteiger charge is 2.37. The number of alkyl halides is 3. The zero-order chi connectivity index (χ0) is 26.5. The Morgan fingerprint density at radius 3 is 2.37 bits per heavy atom. The number of nitrogen functional groups attached to an aromatic ring is 2. The molecule has 2 heterocycles. The molecule has 0 aliphatic rings. The van der Waals surface area contributed by atoms with Crippen LogP contribution >= 0.6 is 0 Å². The van der Waals surface area contributed by atoms with E-state index in [1.165, 1.54) is 0 Å². The van der Waals surface area contributed by atoms with E-state index in [9.17, 15) is 37.1 Å². The first kappa shape index (κ1) is 26.6. The average Bonchev–Trinajstić information content (AvgIpc) is 2.72. The van der Waals surface area contributed by atoms with Gasteiger partial charge in [0.2, 0.25) is 11.9 Å². The van der Waals surface area contributed by atoms with E-state index in [-0.39, 0.29) is 17.3 Å². The number of hydrogen-bond donors (Lipinski definition) is 7. The Morgan fingerprint density at radius 2 is 1.83 bits per heavy atom. The first-order chi connectivity index (χ1) is 16.2. The largest absolute Gasteiger partial charge is 0.481 e. The van der Waals surface area contributed by atoms with Crippen molar-refractivity contribution in [2.24, 2.45) is 0 Å². The maximum Gasteiger partial charge on any atom is 0.418 e. The van der Waals surface area contributed by atoms with Gasteiger partial charge in [-0.05, 0) is 12.5 Å². The Bertz CT molecular complexity index is 1230. The van der Waals surface area contributed by atoms with Gasteiger partial charge in [-0.2, -0.15) is 18.2 Å². The van der Waals surface area contributed by atoms with Crippen LogP contribution in [0.5, 0.6) is 0 Å². The lowest BCUT2D eigenvalue weighted by Gasteiger charge is -2.17. The second-order valence-corrected chi connectivity index (χ2v) is 6.95. The van der Waals surface area contributed by atoms with Gasteiger partial charge in [-0.25, -0.2) is 9.78 Å². The van der Waals surface area contributed by atoms with Gasteiger partial charge in [0.05, 0.1) is 29.4 Å². The van der Waals surface area contributed by atoms with E-state index in [1.54, 1.807) is 5.32 Å². The van der Waals surface area contributed by atoms with Gasteiger partial charge in [-0.3, -0.25) is 24.2 Å². The quantitative estimate of drug-likeness (QED) is 0.232. The lowest BCUT2D eigenvalue weighted by molar-refractivity contribution is -0.140. The number of halogens is 3. The topological polar surface area (TPSA) is 243 Å². The monoisotopic (exact) mass is 501 g/mol. The molecule has 0 saturated heterocycles. The lowest BCUT2D eigenvalue weighted by Crippen LogP contribution is -2.42. The molecule has 188 valence electrons. The number of carboxylic acid groups (broad SMARTS) is 2. The molecule has 0 spiro atoms. The maximum atomic E-state index is 13.6. The van der Waals surface area contributed by atoms with Crippen LogP contribution in [-0.4, -0.2) is 55.0 Å². The van der Waals surface area contributed by atoms with Crippen LogP contribution in [0, 0.1) is 0 Å². The van der Waals surface area contributed by atoms with Crippen molar-refractivity contribution in [3.63, 3.8) is 0 Å². The number of amides is 2. The van der Waals surface area contributed by atoms with Crippen LogP contribution in [0.1, 0.15) is 34.5 Å². The van der Waals surface area contributed by atoms with Gasteiger partial charge < -0.3 is 32.3 Å². The molecule has 0 aromatic carbocycles. The normalized spacial score (nSPS) is 12.0. The van der Waals surface area contributed by atoms with Crippen LogP contribution in [-0.2, 0) is 27.0 Å². The van der Waals surface area contributed by atoms with Gasteiger partial charge in [0, 0.05) is 6.42 Å². The van der Waals surface area contributed by atoms with E-state index in [1.807, 2.05) is 0 Å². The summed E-state index contributed by atoms with van der Waals surface area (Å²) in [6.07, 6.45) is -6.39. The molecule has 1 atom stereocenters. The van der Waals surface area contributed by atoms with Crippen molar-refractivity contribution in [2.75, 3.05) is 16.8 Å². The molecular weight excluding hydrogens is 483 g/mol. The SMILES string of the molecule is Nc1nc(N)c(CC(=O)Nc2cnc(C(=O)N[C@@H](CCC(=O)O)C(=O)O)c(C(F)(F)F)c2)c(=O)[nH]1. The van der Waals surface area contributed by atoms with Crippen LogP contribution in [0.3, 0.4) is 0 Å². The molecule has 0 radical (unpaired) electrons. The van der Waals surface area contributed by atoms with Crippen molar-refractivity contribution in [1.29, 1.82) is 0 Å². The number of aromatic nitrogens is 3. The summed E-state index contributed by atoms with van der Waals surface area (Å²) in [5.41, 5.74) is 6.38. The van der Waals surface area contributed by atoms with Gasteiger partial charge >= 0.3 is 18.1 Å². The van der Waals surface area contributed by atoms with Crippen LogP contribution in [0.25, 0.3) is 0 Å². The molecule has 0 unspecified atom stereocenters. The zero-order valence-electron chi connectivity index (χ0n) is 17.5. The number of nitrogens with two attached hydrogens (primary N) is 2. The minimum Gasteiger partial charge on any atom is -0.481 e. The van der Waals surface area contributed by atoms with E-state index < -0.39 is 77.7 Å².